The molecule has 0 aliphatic rings. The van der Waals surface area contributed by atoms with E-state index in [1.165, 1.54) is 0 Å². The topological polar surface area (TPSA) is 156 Å². The van der Waals surface area contributed by atoms with Crippen molar-refractivity contribution in [1.29, 1.82) is 0 Å². The zero-order chi connectivity index (χ0) is 21.7. The predicted octanol–water partition coefficient (Wildman–Crippen LogP) is -0.0500. The van der Waals surface area contributed by atoms with Crippen LogP contribution in [0.5, 0.6) is 0 Å². The Morgan fingerprint density at radius 3 is 0.538 bits per heavy atom. The second kappa shape index (κ2) is 229. The van der Waals surface area contributed by atoms with E-state index in [-0.39, 0.29) is 48.1 Å². The second-order valence-electron chi connectivity index (χ2n) is 1.97. The van der Waals surface area contributed by atoms with Gasteiger partial charge in [0.15, 0.2) is 0 Å². The first-order chi connectivity index (χ1) is 11.8. The van der Waals surface area contributed by atoms with E-state index in [1.807, 2.05) is 0 Å². The summed E-state index contributed by atoms with van der Waals surface area (Å²) in [6.07, 6.45) is 0. The van der Waals surface area contributed by atoms with E-state index < -0.39 is 0 Å². The molecule has 0 saturated heterocycles. The molecule has 26 heavy (non-hydrogen) atoms. The van der Waals surface area contributed by atoms with Crippen LogP contribution in [0.4, 0.5) is 0 Å². The Kier molecular flexibility index (Phi) is 559. The maximum Gasteiger partial charge on any atom is 0 e. The van der Waals surface area contributed by atoms with Crippen LogP contribution in [-0.4, -0.2) is 84.4 Å². The number of hydrogen-bond acceptors (Lipinski definition) is 4. The molecule has 0 saturated carbocycles. The van der Waals surface area contributed by atoms with Crippen LogP contribution in [0.2, 0.25) is 0 Å². The minimum Gasteiger partial charge on any atom is 0 e. The van der Waals surface area contributed by atoms with Crippen molar-refractivity contribution in [3.63, 3.8) is 0 Å². The Morgan fingerprint density at radius 2 is 0.500 bits per heavy atom. The largest absolute Gasteiger partial charge is 0 e. The molecule has 0 heterocycles. The molecule has 0 rings (SSSR count). The van der Waals surface area contributed by atoms with Crippen LogP contribution in [0, 0.1) is 39.9 Å². The van der Waals surface area contributed by atoms with E-state index >= 15 is 0 Å². The van der Waals surface area contributed by atoms with Crippen molar-refractivity contribution in [2.75, 3.05) is 54.9 Å². The third-order valence-corrected chi connectivity index (χ3v) is 0.983. The normalized spacial score (nSPS) is 4.62. The van der Waals surface area contributed by atoms with Crippen molar-refractivity contribution < 1.29 is 65.4 Å². The molecule has 0 fully saturated rings. The summed E-state index contributed by atoms with van der Waals surface area (Å²) in [5, 5.41) is 0. The molecular formula is C14H20NaO10V. The monoisotopic (exact) mass is 422 g/mol. The molecule has 10 nitrogen and oxygen atoms in total. The summed E-state index contributed by atoms with van der Waals surface area (Å²) in [6, 6.07) is 0. The Hall–Kier alpha value is -0.136. The van der Waals surface area contributed by atoms with Crippen LogP contribution in [0.15, 0.2) is 0 Å². The van der Waals surface area contributed by atoms with Crippen LogP contribution in [0.3, 0.4) is 0 Å². The van der Waals surface area contributed by atoms with Gasteiger partial charge in [0.1, 0.15) is 0 Å². The molecule has 142 valence electrons. The molecule has 12 heteroatoms. The number of rotatable bonds is 6. The van der Waals surface area contributed by atoms with Gasteiger partial charge in [-0.05, 0) is 0 Å². The van der Waals surface area contributed by atoms with Gasteiger partial charge in [-0.15, -0.1) is 0 Å². The summed E-state index contributed by atoms with van der Waals surface area (Å²) in [6.45, 7) is 29.8. The van der Waals surface area contributed by atoms with Gasteiger partial charge in [-0.2, -0.15) is 0 Å². The van der Waals surface area contributed by atoms with Crippen LogP contribution in [0.25, 0.3) is 0 Å². The standard InChI is InChI=1S/2C4H10O2.6CO.Na.V/c2*1-5-3-4-6-2;6*1-2;;/h2*3-4H2,1-2H3;;;;;;;;. The molecule has 0 spiro atoms. The van der Waals surface area contributed by atoms with Gasteiger partial charge >= 0.3 is 67.8 Å². The fourth-order valence-electron chi connectivity index (χ4n) is 0.333. The zero-order valence-corrected chi connectivity index (χ0v) is 18.8. The summed E-state index contributed by atoms with van der Waals surface area (Å²) in [5.74, 6) is 0. The quantitative estimate of drug-likeness (QED) is 0.255. The molecule has 0 aromatic carbocycles. The maximum absolute atomic E-state index is 7.50. The van der Waals surface area contributed by atoms with Crippen molar-refractivity contribution in [1.82, 2.24) is 0 Å². The smallest absolute Gasteiger partial charge is 0 e. The van der Waals surface area contributed by atoms with E-state index in [2.05, 4.69) is 58.8 Å². The first kappa shape index (κ1) is 63.5. The van der Waals surface area contributed by atoms with Gasteiger partial charge in [0.2, 0.25) is 0 Å². The Bertz CT molecular complexity index is 189. The van der Waals surface area contributed by atoms with Crippen LogP contribution in [0.1, 0.15) is 0 Å². The molecule has 0 amide bonds. The van der Waals surface area contributed by atoms with E-state index in [0.29, 0.717) is 26.4 Å². The molecule has 0 aromatic heterocycles. The number of ether oxygens (including phenoxy) is 4. The molecule has 0 unspecified atom stereocenters. The van der Waals surface area contributed by atoms with Crippen molar-refractivity contribution >= 4 is 29.6 Å². The van der Waals surface area contributed by atoms with E-state index in [0.717, 1.165) is 0 Å². The van der Waals surface area contributed by atoms with Gasteiger partial charge in [-0.3, -0.25) is 0 Å². The van der Waals surface area contributed by atoms with Crippen molar-refractivity contribution in [3.8, 4) is 0 Å². The molecule has 0 aromatic rings. The minimum atomic E-state index is 0. The summed E-state index contributed by atoms with van der Waals surface area (Å²) in [5.41, 5.74) is 0. The third-order valence-electron chi connectivity index (χ3n) is 0.983. The number of methoxy groups -OCH3 is 4. The van der Waals surface area contributed by atoms with Gasteiger partial charge in [0.25, 0.3) is 0 Å². The molecular weight excluding hydrogens is 402 g/mol. The van der Waals surface area contributed by atoms with Crippen molar-refractivity contribution in [3.05, 3.63) is 39.9 Å². The molecule has 0 atom stereocenters. The van der Waals surface area contributed by atoms with E-state index in [1.54, 1.807) is 28.4 Å². The summed E-state index contributed by atoms with van der Waals surface area (Å²) in [7, 11) is 6.61. The van der Waals surface area contributed by atoms with Gasteiger partial charge in [0, 0.05) is 76.6 Å². The fraction of sp³-hybridized carbons (Fsp3) is 0.571. The Morgan fingerprint density at radius 1 is 0.423 bits per heavy atom. The average molecular weight is 422 g/mol. The first-order valence-corrected chi connectivity index (χ1v) is 5.01. The molecule has 0 N–H and O–H groups in total. The Balaban J connectivity index is -0.0000000150. The van der Waals surface area contributed by atoms with Gasteiger partial charge in [-0.1, -0.05) is 0 Å². The zero-order valence-electron chi connectivity index (χ0n) is 15.4. The third kappa shape index (κ3) is 363. The molecule has 2 radical (unpaired) electrons. The summed E-state index contributed by atoms with van der Waals surface area (Å²) >= 11 is 0. The minimum absolute atomic E-state index is 0. The number of hydrogen-bond donors (Lipinski definition) is 0. The van der Waals surface area contributed by atoms with Crippen LogP contribution in [-0.2, 0) is 65.4 Å². The maximum atomic E-state index is 7.50. The van der Waals surface area contributed by atoms with E-state index in [4.69, 9.17) is 27.9 Å². The summed E-state index contributed by atoms with van der Waals surface area (Å²) < 4.78 is 63.6. The fourth-order valence-corrected chi connectivity index (χ4v) is 0.333. The average Bonchev–Trinajstić information content (AvgIpc) is 2.74. The second-order valence-corrected chi connectivity index (χ2v) is 1.97. The Labute approximate surface area is 189 Å². The van der Waals surface area contributed by atoms with Gasteiger partial charge in [-0.25, -0.2) is 0 Å². The van der Waals surface area contributed by atoms with Crippen molar-refractivity contribution in [2.24, 2.45) is 0 Å². The van der Waals surface area contributed by atoms with Crippen molar-refractivity contribution in [2.45, 2.75) is 0 Å². The molecule has 0 aliphatic heterocycles. The van der Waals surface area contributed by atoms with Gasteiger partial charge < -0.3 is 18.9 Å². The predicted molar refractivity (Wildman–Crippen MR) is 76.8 cm³/mol. The summed E-state index contributed by atoms with van der Waals surface area (Å²) in [4.78, 5) is 0. The molecule has 0 aliphatic carbocycles. The molecule has 0 bridgehead atoms. The van der Waals surface area contributed by atoms with E-state index in [9.17, 15) is 0 Å². The van der Waals surface area contributed by atoms with Crippen LogP contribution >= 0.6 is 0 Å². The first-order valence-electron chi connectivity index (χ1n) is 5.01. The SMILES string of the molecule is COCCOC.COCCOC.[C-]#[O+].[C-]#[O+].[C-]#[O+].[C-]#[O+].[C-]#[O+].[C-]#[O+].[Na].[V]. The van der Waals surface area contributed by atoms with Crippen LogP contribution < -0.4 is 0 Å². The van der Waals surface area contributed by atoms with Gasteiger partial charge in [0.05, 0.1) is 26.4 Å².